The van der Waals surface area contributed by atoms with Gasteiger partial charge in [0.15, 0.2) is 0 Å². The van der Waals surface area contributed by atoms with Crippen molar-refractivity contribution < 1.29 is 0 Å². The average Bonchev–Trinajstić information content (AvgIpc) is 2.29. The minimum atomic E-state index is 0.436. The lowest BCUT2D eigenvalue weighted by molar-refractivity contribution is 0.259. The summed E-state index contributed by atoms with van der Waals surface area (Å²) in [6, 6.07) is 0. The van der Waals surface area contributed by atoms with Gasteiger partial charge in [-0.3, -0.25) is 0 Å². The Morgan fingerprint density at radius 3 is 2.82 bits per heavy atom. The zero-order chi connectivity index (χ0) is 7.73. The lowest BCUT2D eigenvalue weighted by Gasteiger charge is -2.33. The molecule has 0 aromatic rings. The molecule has 1 unspecified atom stereocenters. The summed E-state index contributed by atoms with van der Waals surface area (Å²) in [4.78, 5) is 0.436. The Bertz CT molecular complexity index is 136. The van der Waals surface area contributed by atoms with Gasteiger partial charge < -0.3 is 5.32 Å². The van der Waals surface area contributed by atoms with Gasteiger partial charge in [0.1, 0.15) is 0 Å². The third-order valence-corrected chi connectivity index (χ3v) is 4.28. The van der Waals surface area contributed by atoms with Crippen LogP contribution in [0.1, 0.15) is 32.6 Å². The molecule has 1 nitrogen and oxygen atoms in total. The Labute approximate surface area is 73.3 Å². The second-order valence-electron chi connectivity index (χ2n) is 4.01. The van der Waals surface area contributed by atoms with E-state index in [2.05, 4.69) is 24.0 Å². The van der Waals surface area contributed by atoms with Gasteiger partial charge in [0.25, 0.3) is 0 Å². The third-order valence-electron chi connectivity index (χ3n) is 2.92. The lowest BCUT2D eigenvalue weighted by Crippen LogP contribution is -2.37. The van der Waals surface area contributed by atoms with E-state index in [1.54, 1.807) is 0 Å². The van der Waals surface area contributed by atoms with Crippen molar-refractivity contribution in [3.63, 3.8) is 0 Å². The molecule has 1 aliphatic carbocycles. The summed E-state index contributed by atoms with van der Waals surface area (Å²) in [5.74, 6) is 2.35. The Hall–Kier alpha value is 0.310. The van der Waals surface area contributed by atoms with Crippen molar-refractivity contribution in [2.45, 2.75) is 37.5 Å². The van der Waals surface area contributed by atoms with Gasteiger partial charge in [0.2, 0.25) is 0 Å². The zero-order valence-corrected chi connectivity index (χ0v) is 8.04. The first-order valence-electron chi connectivity index (χ1n) is 4.67. The lowest BCUT2D eigenvalue weighted by atomic mass is 9.81. The summed E-state index contributed by atoms with van der Waals surface area (Å²) < 4.78 is 0. The van der Waals surface area contributed by atoms with Gasteiger partial charge in [-0.25, -0.2) is 0 Å². The second-order valence-corrected chi connectivity index (χ2v) is 5.61. The standard InChI is InChI=1S/C9H17NS/c1-9(10-5-6-11-9)7-8-3-2-4-8/h8,10H,2-7H2,1H3. The topological polar surface area (TPSA) is 12.0 Å². The highest BCUT2D eigenvalue weighted by Crippen LogP contribution is 2.39. The monoisotopic (exact) mass is 171 g/mol. The van der Waals surface area contributed by atoms with E-state index in [4.69, 9.17) is 0 Å². The number of nitrogens with one attached hydrogen (secondary N) is 1. The fourth-order valence-electron chi connectivity index (χ4n) is 2.02. The number of thioether (sulfide) groups is 1. The molecule has 2 rings (SSSR count). The highest BCUT2D eigenvalue weighted by molar-refractivity contribution is 8.00. The quantitative estimate of drug-likeness (QED) is 0.684. The summed E-state index contributed by atoms with van der Waals surface area (Å²) in [6.07, 6.45) is 5.85. The first-order valence-corrected chi connectivity index (χ1v) is 5.66. The highest BCUT2D eigenvalue weighted by Gasteiger charge is 2.33. The average molecular weight is 171 g/mol. The van der Waals surface area contributed by atoms with E-state index in [0.717, 1.165) is 5.92 Å². The summed E-state index contributed by atoms with van der Waals surface area (Å²) in [7, 11) is 0. The largest absolute Gasteiger partial charge is 0.302 e. The van der Waals surface area contributed by atoms with Crippen LogP contribution in [-0.2, 0) is 0 Å². The molecule has 0 spiro atoms. The van der Waals surface area contributed by atoms with E-state index in [-0.39, 0.29) is 0 Å². The van der Waals surface area contributed by atoms with Crippen molar-refractivity contribution in [2.24, 2.45) is 5.92 Å². The van der Waals surface area contributed by atoms with Crippen LogP contribution in [0, 0.1) is 5.92 Å². The highest BCUT2D eigenvalue weighted by atomic mass is 32.2. The molecule has 1 N–H and O–H groups in total. The molecule has 1 aliphatic heterocycles. The minimum absolute atomic E-state index is 0.436. The molecule has 0 radical (unpaired) electrons. The van der Waals surface area contributed by atoms with Crippen LogP contribution in [0.2, 0.25) is 0 Å². The summed E-state index contributed by atoms with van der Waals surface area (Å²) in [5, 5.41) is 3.60. The fraction of sp³-hybridized carbons (Fsp3) is 1.00. The molecule has 2 heteroatoms. The van der Waals surface area contributed by atoms with Crippen molar-refractivity contribution in [3.8, 4) is 0 Å². The molecule has 2 aliphatic rings. The van der Waals surface area contributed by atoms with Gasteiger partial charge in [0.05, 0.1) is 4.87 Å². The summed E-state index contributed by atoms with van der Waals surface area (Å²) in [5.41, 5.74) is 0. The maximum atomic E-state index is 3.60. The molecule has 0 amide bonds. The molecule has 0 aromatic carbocycles. The van der Waals surface area contributed by atoms with Crippen LogP contribution in [0.25, 0.3) is 0 Å². The molecular weight excluding hydrogens is 154 g/mol. The van der Waals surface area contributed by atoms with Gasteiger partial charge >= 0.3 is 0 Å². The van der Waals surface area contributed by atoms with Crippen LogP contribution in [-0.4, -0.2) is 17.2 Å². The van der Waals surface area contributed by atoms with E-state index in [9.17, 15) is 0 Å². The molecule has 11 heavy (non-hydrogen) atoms. The fourth-order valence-corrected chi connectivity index (χ4v) is 3.23. The van der Waals surface area contributed by atoms with E-state index in [1.807, 2.05) is 0 Å². The molecular formula is C9H17NS. The molecule has 1 atom stereocenters. The van der Waals surface area contributed by atoms with Gasteiger partial charge in [0, 0.05) is 12.3 Å². The number of rotatable bonds is 2. The normalized spacial score (nSPS) is 39.0. The van der Waals surface area contributed by atoms with E-state index >= 15 is 0 Å². The van der Waals surface area contributed by atoms with Crippen LogP contribution < -0.4 is 5.32 Å². The Balaban J connectivity index is 1.82. The van der Waals surface area contributed by atoms with Gasteiger partial charge in [-0.05, 0) is 19.3 Å². The minimum Gasteiger partial charge on any atom is -0.302 e. The molecule has 0 bridgehead atoms. The maximum absolute atomic E-state index is 3.60. The van der Waals surface area contributed by atoms with Crippen LogP contribution in [0.5, 0.6) is 0 Å². The van der Waals surface area contributed by atoms with Crippen LogP contribution in [0.3, 0.4) is 0 Å². The molecule has 0 aromatic heterocycles. The molecule has 1 saturated heterocycles. The number of hydrogen-bond acceptors (Lipinski definition) is 2. The second kappa shape index (κ2) is 2.98. The van der Waals surface area contributed by atoms with Crippen molar-refractivity contribution in [1.82, 2.24) is 5.32 Å². The first kappa shape index (κ1) is 7.93. The van der Waals surface area contributed by atoms with E-state index in [0.29, 0.717) is 4.87 Å². The Kier molecular flexibility index (Phi) is 2.15. The summed E-state index contributed by atoms with van der Waals surface area (Å²) >= 11 is 2.11. The zero-order valence-electron chi connectivity index (χ0n) is 7.23. The van der Waals surface area contributed by atoms with E-state index < -0.39 is 0 Å². The third kappa shape index (κ3) is 1.73. The number of hydrogen-bond donors (Lipinski definition) is 1. The van der Waals surface area contributed by atoms with Crippen LogP contribution in [0.15, 0.2) is 0 Å². The van der Waals surface area contributed by atoms with Crippen LogP contribution in [0.4, 0.5) is 0 Å². The summed E-state index contributed by atoms with van der Waals surface area (Å²) in [6.45, 7) is 3.58. The van der Waals surface area contributed by atoms with Gasteiger partial charge in [-0.15, -0.1) is 11.8 Å². The van der Waals surface area contributed by atoms with E-state index in [1.165, 1.54) is 38.0 Å². The van der Waals surface area contributed by atoms with Crippen molar-refractivity contribution in [1.29, 1.82) is 0 Å². The van der Waals surface area contributed by atoms with Gasteiger partial charge in [-0.1, -0.05) is 19.3 Å². The smallest absolute Gasteiger partial charge is 0.0620 e. The molecule has 1 saturated carbocycles. The van der Waals surface area contributed by atoms with Crippen molar-refractivity contribution in [3.05, 3.63) is 0 Å². The molecule has 2 fully saturated rings. The Morgan fingerprint density at radius 1 is 1.55 bits per heavy atom. The predicted molar refractivity (Wildman–Crippen MR) is 50.8 cm³/mol. The SMILES string of the molecule is CC1(CC2CCC2)NCCS1. The van der Waals surface area contributed by atoms with Gasteiger partial charge in [-0.2, -0.15) is 0 Å². The first-order chi connectivity index (χ1) is 5.29. The molecule has 1 heterocycles. The van der Waals surface area contributed by atoms with Crippen molar-refractivity contribution in [2.75, 3.05) is 12.3 Å². The predicted octanol–water partition coefficient (Wildman–Crippen LogP) is 2.23. The molecule has 64 valence electrons. The Morgan fingerprint density at radius 2 is 2.36 bits per heavy atom. The maximum Gasteiger partial charge on any atom is 0.0620 e. The van der Waals surface area contributed by atoms with Crippen molar-refractivity contribution >= 4 is 11.8 Å². The van der Waals surface area contributed by atoms with Crippen LogP contribution >= 0.6 is 11.8 Å².